The minimum absolute atomic E-state index is 0.337. The minimum Gasteiger partial charge on any atom is -0.495 e. The molecule has 1 aromatic heterocycles. The number of H-pyrrole nitrogens is 1. The van der Waals surface area contributed by atoms with Gasteiger partial charge in [-0.05, 0) is 34.7 Å². The highest BCUT2D eigenvalue weighted by Gasteiger charge is 2.11. The van der Waals surface area contributed by atoms with Gasteiger partial charge in [-0.15, -0.1) is 0 Å². The molecule has 0 unspecified atom stereocenters. The second-order valence-corrected chi connectivity index (χ2v) is 5.81. The summed E-state index contributed by atoms with van der Waals surface area (Å²) in [5.74, 6) is 0.0235. The first-order chi connectivity index (χ1) is 10.0. The van der Waals surface area contributed by atoms with Gasteiger partial charge < -0.3 is 4.74 Å². The molecule has 2 N–H and O–H groups in total. The zero-order valence-corrected chi connectivity index (χ0v) is 14.3. The van der Waals surface area contributed by atoms with E-state index >= 15 is 0 Å². The van der Waals surface area contributed by atoms with Crippen LogP contribution in [0, 0.1) is 3.57 Å². The van der Waals surface area contributed by atoms with Crippen molar-refractivity contribution in [1.29, 1.82) is 0 Å². The number of halogens is 3. The Bertz CT molecular complexity index is 703. The first kappa shape index (κ1) is 16.1. The van der Waals surface area contributed by atoms with Crippen LogP contribution >= 0.6 is 45.8 Å². The topological polar surface area (TPSA) is 79.4 Å². The number of hydrogen-bond acceptors (Lipinski definition) is 4. The molecule has 9 heteroatoms. The Labute approximate surface area is 144 Å². The number of hydrazone groups is 1. The molecule has 0 spiro atoms. The molecule has 110 valence electrons. The maximum absolute atomic E-state index is 11.8. The van der Waals surface area contributed by atoms with E-state index in [2.05, 4.69) is 20.7 Å². The normalized spacial score (nSPS) is 10.9. The maximum Gasteiger partial charge on any atom is 0.290 e. The fourth-order valence-corrected chi connectivity index (χ4v) is 2.63. The number of carbonyl (C=O) groups excluding carboxylic acids is 1. The van der Waals surface area contributed by atoms with Crippen LogP contribution in [-0.4, -0.2) is 29.4 Å². The monoisotopic (exact) mass is 438 g/mol. The third kappa shape index (κ3) is 3.86. The number of nitrogens with zero attached hydrogens (tertiary/aromatic N) is 2. The molecule has 0 aliphatic rings. The van der Waals surface area contributed by atoms with E-state index in [9.17, 15) is 4.79 Å². The van der Waals surface area contributed by atoms with Gasteiger partial charge in [0.05, 0.1) is 28.1 Å². The SMILES string of the molecule is COc1c(Cl)cc(Cl)cc1/C=N\NC(=O)c1[nH]ncc1I. The van der Waals surface area contributed by atoms with Gasteiger partial charge in [0.2, 0.25) is 0 Å². The number of benzene rings is 1. The molecule has 0 fully saturated rings. The van der Waals surface area contributed by atoms with Crippen LogP contribution in [0.4, 0.5) is 0 Å². The Kier molecular flexibility index (Phi) is 5.43. The van der Waals surface area contributed by atoms with Crippen molar-refractivity contribution in [3.05, 3.63) is 43.2 Å². The predicted molar refractivity (Wildman–Crippen MR) is 89.4 cm³/mol. The second kappa shape index (κ2) is 7.10. The molecule has 2 aromatic rings. The van der Waals surface area contributed by atoms with Gasteiger partial charge in [-0.25, -0.2) is 5.43 Å². The molecule has 0 bridgehead atoms. The molecule has 1 aromatic carbocycles. The number of carbonyl (C=O) groups is 1. The number of methoxy groups -OCH3 is 1. The molecule has 0 saturated carbocycles. The first-order valence-electron chi connectivity index (χ1n) is 5.58. The zero-order valence-electron chi connectivity index (χ0n) is 10.7. The van der Waals surface area contributed by atoms with Crippen molar-refractivity contribution >= 4 is 57.9 Å². The summed E-state index contributed by atoms with van der Waals surface area (Å²) in [6.45, 7) is 0. The van der Waals surface area contributed by atoms with Crippen molar-refractivity contribution in [3.63, 3.8) is 0 Å². The van der Waals surface area contributed by atoms with Crippen LogP contribution in [0.1, 0.15) is 16.1 Å². The lowest BCUT2D eigenvalue weighted by atomic mass is 10.2. The quantitative estimate of drug-likeness (QED) is 0.437. The van der Waals surface area contributed by atoms with Crippen molar-refractivity contribution in [2.45, 2.75) is 0 Å². The van der Waals surface area contributed by atoms with Crippen molar-refractivity contribution < 1.29 is 9.53 Å². The first-order valence-corrected chi connectivity index (χ1v) is 7.41. The zero-order chi connectivity index (χ0) is 15.4. The van der Waals surface area contributed by atoms with Gasteiger partial charge in [0.25, 0.3) is 5.91 Å². The Morgan fingerprint density at radius 2 is 2.29 bits per heavy atom. The summed E-state index contributed by atoms with van der Waals surface area (Å²) >= 11 is 13.9. The van der Waals surface area contributed by atoms with Gasteiger partial charge in [0.1, 0.15) is 11.4 Å². The molecule has 0 aliphatic carbocycles. The average molecular weight is 439 g/mol. The fraction of sp³-hybridized carbons (Fsp3) is 0.0833. The van der Waals surface area contributed by atoms with Crippen molar-refractivity contribution in [3.8, 4) is 5.75 Å². The highest BCUT2D eigenvalue weighted by molar-refractivity contribution is 14.1. The van der Waals surface area contributed by atoms with Crippen LogP contribution in [0.15, 0.2) is 23.4 Å². The van der Waals surface area contributed by atoms with Crippen LogP contribution in [0.2, 0.25) is 10.0 Å². The molecule has 6 nitrogen and oxygen atoms in total. The summed E-state index contributed by atoms with van der Waals surface area (Å²) < 4.78 is 5.87. The molecular weight excluding hydrogens is 430 g/mol. The minimum atomic E-state index is -0.403. The number of aromatic nitrogens is 2. The number of ether oxygens (including phenoxy) is 1. The Morgan fingerprint density at radius 3 is 2.90 bits per heavy atom. The smallest absolute Gasteiger partial charge is 0.290 e. The maximum atomic E-state index is 11.8. The van der Waals surface area contributed by atoms with Gasteiger partial charge in [-0.1, -0.05) is 23.2 Å². The predicted octanol–water partition coefficient (Wildman–Crippen LogP) is 3.09. The molecule has 0 aliphatic heterocycles. The van der Waals surface area contributed by atoms with Crippen LogP contribution in [0.5, 0.6) is 5.75 Å². The molecule has 0 radical (unpaired) electrons. The third-order valence-electron chi connectivity index (χ3n) is 2.43. The summed E-state index contributed by atoms with van der Waals surface area (Å²) in [6.07, 6.45) is 2.94. The Hall–Kier alpha value is -1.32. The number of aromatic amines is 1. The number of amides is 1. The summed E-state index contributed by atoms with van der Waals surface area (Å²) in [7, 11) is 1.48. The van der Waals surface area contributed by atoms with Gasteiger partial charge in [0, 0.05) is 10.6 Å². The van der Waals surface area contributed by atoms with Crippen molar-refractivity contribution in [2.24, 2.45) is 5.10 Å². The van der Waals surface area contributed by atoms with Gasteiger partial charge in [-0.2, -0.15) is 10.2 Å². The van der Waals surface area contributed by atoms with Crippen LogP contribution in [-0.2, 0) is 0 Å². The van der Waals surface area contributed by atoms with Crippen LogP contribution in [0.3, 0.4) is 0 Å². The number of rotatable bonds is 4. The highest BCUT2D eigenvalue weighted by Crippen LogP contribution is 2.31. The molecule has 2 rings (SSSR count). The van der Waals surface area contributed by atoms with E-state index in [0.717, 1.165) is 0 Å². The Morgan fingerprint density at radius 1 is 1.52 bits per heavy atom. The Balaban J connectivity index is 2.15. The molecule has 0 saturated heterocycles. The van der Waals surface area contributed by atoms with Crippen LogP contribution in [0.25, 0.3) is 0 Å². The molecule has 1 heterocycles. The van der Waals surface area contributed by atoms with E-state index in [1.807, 2.05) is 22.6 Å². The standard InChI is InChI=1S/C12H9Cl2IN4O2/c1-21-11-6(2-7(13)3-8(11)14)4-16-19-12(20)10-9(15)5-17-18-10/h2-5H,1H3,(H,17,18)(H,19,20)/b16-4-. The third-order valence-corrected chi connectivity index (χ3v) is 3.75. The molecule has 21 heavy (non-hydrogen) atoms. The van der Waals surface area contributed by atoms with E-state index in [4.69, 9.17) is 27.9 Å². The van der Waals surface area contributed by atoms with Crippen molar-refractivity contribution in [1.82, 2.24) is 15.6 Å². The lowest BCUT2D eigenvalue weighted by Gasteiger charge is -2.07. The van der Waals surface area contributed by atoms with E-state index in [1.54, 1.807) is 18.3 Å². The van der Waals surface area contributed by atoms with Crippen molar-refractivity contribution in [2.75, 3.05) is 7.11 Å². The van der Waals surface area contributed by atoms with E-state index < -0.39 is 5.91 Å². The molecule has 1 amide bonds. The van der Waals surface area contributed by atoms with Gasteiger partial charge >= 0.3 is 0 Å². The number of nitrogens with one attached hydrogen (secondary N) is 2. The van der Waals surface area contributed by atoms with E-state index in [0.29, 0.717) is 30.6 Å². The fourth-order valence-electron chi connectivity index (χ4n) is 1.54. The van der Waals surface area contributed by atoms with Gasteiger partial charge in [0.15, 0.2) is 0 Å². The summed E-state index contributed by atoms with van der Waals surface area (Å²) in [4.78, 5) is 11.8. The second-order valence-electron chi connectivity index (χ2n) is 3.80. The number of hydrogen-bond donors (Lipinski definition) is 2. The summed E-state index contributed by atoms with van der Waals surface area (Å²) in [5.41, 5.74) is 3.26. The van der Waals surface area contributed by atoms with E-state index in [1.165, 1.54) is 13.3 Å². The lowest BCUT2D eigenvalue weighted by molar-refractivity contribution is 0.0949. The summed E-state index contributed by atoms with van der Waals surface area (Å²) in [5, 5.41) is 11.0. The van der Waals surface area contributed by atoms with Gasteiger partial charge in [-0.3, -0.25) is 9.89 Å². The largest absolute Gasteiger partial charge is 0.495 e. The van der Waals surface area contributed by atoms with Crippen LogP contribution < -0.4 is 10.2 Å². The average Bonchev–Trinajstić information content (AvgIpc) is 2.84. The molecular formula is C12H9Cl2IN4O2. The summed E-state index contributed by atoms with van der Waals surface area (Å²) in [6, 6.07) is 3.19. The van der Waals surface area contributed by atoms with E-state index in [-0.39, 0.29) is 0 Å². The highest BCUT2D eigenvalue weighted by atomic mass is 127. The molecule has 0 atom stereocenters. The lowest BCUT2D eigenvalue weighted by Crippen LogP contribution is -2.19.